The second-order valence-corrected chi connectivity index (χ2v) is 8.67. The number of aromatic nitrogens is 2. The smallest absolute Gasteiger partial charge is 0.360 e. The largest absolute Gasteiger partial charge is 0.466 e. The maximum atomic E-state index is 13.0. The van der Waals surface area contributed by atoms with Crippen LogP contribution in [0, 0.1) is 11.8 Å². The predicted molar refractivity (Wildman–Crippen MR) is 122 cm³/mol. The van der Waals surface area contributed by atoms with Gasteiger partial charge in [-0.2, -0.15) is 5.10 Å². The van der Waals surface area contributed by atoms with Gasteiger partial charge in [0.1, 0.15) is 0 Å². The van der Waals surface area contributed by atoms with Gasteiger partial charge in [-0.25, -0.2) is 9.48 Å². The van der Waals surface area contributed by atoms with E-state index in [0.717, 1.165) is 0 Å². The van der Waals surface area contributed by atoms with E-state index < -0.39 is 12.1 Å². The lowest BCUT2D eigenvalue weighted by Gasteiger charge is -2.32. The lowest BCUT2D eigenvalue weighted by Crippen LogP contribution is -2.45. The van der Waals surface area contributed by atoms with Gasteiger partial charge in [-0.1, -0.05) is 32.0 Å². The van der Waals surface area contributed by atoms with Crippen LogP contribution in [-0.2, 0) is 25.6 Å². The Morgan fingerprint density at radius 2 is 1.73 bits per heavy atom. The van der Waals surface area contributed by atoms with Gasteiger partial charge < -0.3 is 14.4 Å². The first-order valence-corrected chi connectivity index (χ1v) is 11.4. The van der Waals surface area contributed by atoms with Crippen molar-refractivity contribution < 1.29 is 23.9 Å². The fraction of sp³-hybridized carbons (Fsp3) is 0.542. The molecule has 178 valence electrons. The van der Waals surface area contributed by atoms with Crippen LogP contribution in [0.3, 0.4) is 0 Å². The number of carbonyl (C=O) groups is 3. The summed E-state index contributed by atoms with van der Waals surface area (Å²) in [6.45, 7) is 8.66. The number of esters is 2. The summed E-state index contributed by atoms with van der Waals surface area (Å²) in [7, 11) is 0. The van der Waals surface area contributed by atoms with Gasteiger partial charge in [0.05, 0.1) is 17.9 Å². The third-order valence-electron chi connectivity index (χ3n) is 5.66. The highest BCUT2D eigenvalue weighted by Crippen LogP contribution is 2.21. The van der Waals surface area contributed by atoms with E-state index in [1.807, 2.05) is 13.8 Å². The normalized spacial score (nSPS) is 15.5. The van der Waals surface area contributed by atoms with E-state index in [0.29, 0.717) is 49.9 Å². The van der Waals surface area contributed by atoms with Crippen molar-refractivity contribution >= 4 is 28.6 Å². The standard InChI is InChI=1S/C24H31N3O6/c1-5-32-23(30)17-10-12-26(13-11-17)21(28)16(4)33-24(31)20-18-8-6-7-9-19(18)22(29)27(25-20)14-15(2)3/h6-9,15-17H,5,10-14H2,1-4H3. The molecule has 1 aliphatic rings. The molecule has 9 nitrogen and oxygen atoms in total. The number of hydrogen-bond acceptors (Lipinski definition) is 7. The summed E-state index contributed by atoms with van der Waals surface area (Å²) in [5.74, 6) is -1.39. The summed E-state index contributed by atoms with van der Waals surface area (Å²) in [5, 5.41) is 5.03. The van der Waals surface area contributed by atoms with Crippen molar-refractivity contribution in [2.75, 3.05) is 19.7 Å². The number of benzene rings is 1. The first-order chi connectivity index (χ1) is 15.7. The molecule has 1 unspecified atom stereocenters. The van der Waals surface area contributed by atoms with Crippen LogP contribution < -0.4 is 5.56 Å². The van der Waals surface area contributed by atoms with Crippen LogP contribution in [0.25, 0.3) is 10.8 Å². The Hall–Kier alpha value is -3.23. The van der Waals surface area contributed by atoms with E-state index in [1.54, 1.807) is 36.1 Å². The number of ether oxygens (including phenoxy) is 2. The maximum Gasteiger partial charge on any atom is 0.360 e. The van der Waals surface area contributed by atoms with Crippen molar-refractivity contribution in [1.82, 2.24) is 14.7 Å². The van der Waals surface area contributed by atoms with Crippen molar-refractivity contribution in [1.29, 1.82) is 0 Å². The molecule has 1 aromatic carbocycles. The minimum atomic E-state index is -1.03. The highest BCUT2D eigenvalue weighted by molar-refractivity contribution is 6.02. The van der Waals surface area contributed by atoms with Crippen LogP contribution in [0.4, 0.5) is 0 Å². The van der Waals surface area contributed by atoms with Gasteiger partial charge in [0.15, 0.2) is 11.8 Å². The summed E-state index contributed by atoms with van der Waals surface area (Å²) in [4.78, 5) is 52.1. The minimum absolute atomic E-state index is 0.00604. The molecule has 2 heterocycles. The van der Waals surface area contributed by atoms with Crippen molar-refractivity contribution in [3.8, 4) is 0 Å². The average Bonchev–Trinajstić information content (AvgIpc) is 2.80. The molecule has 0 radical (unpaired) electrons. The van der Waals surface area contributed by atoms with Crippen molar-refractivity contribution in [3.05, 3.63) is 40.3 Å². The third kappa shape index (κ3) is 5.58. The van der Waals surface area contributed by atoms with Crippen molar-refractivity contribution in [3.63, 3.8) is 0 Å². The zero-order valence-corrected chi connectivity index (χ0v) is 19.6. The molecule has 1 aliphatic heterocycles. The minimum Gasteiger partial charge on any atom is -0.466 e. The summed E-state index contributed by atoms with van der Waals surface area (Å²) < 4.78 is 11.8. The lowest BCUT2D eigenvalue weighted by molar-refractivity contribution is -0.152. The van der Waals surface area contributed by atoms with Crippen LogP contribution >= 0.6 is 0 Å². The number of hydrogen-bond donors (Lipinski definition) is 0. The number of rotatable bonds is 7. The van der Waals surface area contributed by atoms with E-state index in [1.165, 1.54) is 11.6 Å². The summed E-state index contributed by atoms with van der Waals surface area (Å²) in [6.07, 6.45) is -0.00228. The number of fused-ring (bicyclic) bond motifs is 1. The molecule has 0 bridgehead atoms. The zero-order chi connectivity index (χ0) is 24.1. The highest BCUT2D eigenvalue weighted by atomic mass is 16.5. The van der Waals surface area contributed by atoms with Crippen LogP contribution in [0.2, 0.25) is 0 Å². The van der Waals surface area contributed by atoms with Crippen LogP contribution in [0.1, 0.15) is 51.0 Å². The Labute approximate surface area is 192 Å². The molecule has 2 aromatic rings. The quantitative estimate of drug-likeness (QED) is 0.588. The van der Waals surface area contributed by atoms with Gasteiger partial charge in [-0.15, -0.1) is 0 Å². The van der Waals surface area contributed by atoms with E-state index in [-0.39, 0.29) is 35.0 Å². The van der Waals surface area contributed by atoms with E-state index in [9.17, 15) is 19.2 Å². The van der Waals surface area contributed by atoms with Crippen LogP contribution in [0.15, 0.2) is 29.1 Å². The molecule has 33 heavy (non-hydrogen) atoms. The van der Waals surface area contributed by atoms with Gasteiger partial charge in [0, 0.05) is 25.0 Å². The Morgan fingerprint density at radius 3 is 2.33 bits per heavy atom. The van der Waals surface area contributed by atoms with Crippen molar-refractivity contribution in [2.45, 2.75) is 53.2 Å². The molecule has 1 fully saturated rings. The average molecular weight is 458 g/mol. The number of likely N-dealkylation sites (tertiary alicyclic amines) is 1. The van der Waals surface area contributed by atoms with Gasteiger partial charge in [-0.05, 0) is 38.7 Å². The number of nitrogens with zero attached hydrogens (tertiary/aromatic N) is 3. The fourth-order valence-electron chi connectivity index (χ4n) is 3.98. The van der Waals surface area contributed by atoms with E-state index in [2.05, 4.69) is 5.10 Å². The molecule has 1 atom stereocenters. The number of piperidine rings is 1. The second-order valence-electron chi connectivity index (χ2n) is 8.67. The molecule has 1 aromatic heterocycles. The van der Waals surface area contributed by atoms with E-state index >= 15 is 0 Å². The Balaban J connectivity index is 1.73. The van der Waals surface area contributed by atoms with Gasteiger partial charge >= 0.3 is 11.9 Å². The predicted octanol–water partition coefficient (Wildman–Crippen LogP) is 2.40. The van der Waals surface area contributed by atoms with E-state index in [4.69, 9.17) is 9.47 Å². The molecule has 9 heteroatoms. The number of carbonyl (C=O) groups excluding carboxylic acids is 3. The summed E-state index contributed by atoms with van der Waals surface area (Å²) in [6, 6.07) is 6.74. The lowest BCUT2D eigenvalue weighted by atomic mass is 9.97. The van der Waals surface area contributed by atoms with Crippen LogP contribution in [0.5, 0.6) is 0 Å². The molecule has 1 amide bonds. The van der Waals surface area contributed by atoms with Gasteiger partial charge in [-0.3, -0.25) is 14.4 Å². The zero-order valence-electron chi connectivity index (χ0n) is 19.6. The molecule has 0 saturated carbocycles. The first-order valence-electron chi connectivity index (χ1n) is 11.4. The molecular weight excluding hydrogens is 426 g/mol. The monoisotopic (exact) mass is 457 g/mol. The van der Waals surface area contributed by atoms with Gasteiger partial charge in [0.2, 0.25) is 0 Å². The highest BCUT2D eigenvalue weighted by Gasteiger charge is 2.32. The molecule has 1 saturated heterocycles. The summed E-state index contributed by atoms with van der Waals surface area (Å²) in [5.41, 5.74) is -0.268. The Bertz CT molecular complexity index is 1090. The maximum absolute atomic E-state index is 13.0. The Kier molecular flexibility index (Phi) is 7.84. The fourth-order valence-corrected chi connectivity index (χ4v) is 3.98. The molecular formula is C24H31N3O6. The molecule has 0 N–H and O–H groups in total. The Morgan fingerprint density at radius 1 is 1.09 bits per heavy atom. The molecule has 3 rings (SSSR count). The van der Waals surface area contributed by atoms with Gasteiger partial charge in [0.25, 0.3) is 11.5 Å². The third-order valence-corrected chi connectivity index (χ3v) is 5.66. The topological polar surface area (TPSA) is 108 Å². The molecule has 0 aliphatic carbocycles. The number of amides is 1. The second kappa shape index (κ2) is 10.6. The summed E-state index contributed by atoms with van der Waals surface area (Å²) >= 11 is 0. The SMILES string of the molecule is CCOC(=O)C1CCN(C(=O)C(C)OC(=O)c2nn(CC(C)C)c(=O)c3ccccc23)CC1. The van der Waals surface area contributed by atoms with Crippen molar-refractivity contribution in [2.24, 2.45) is 11.8 Å². The molecule has 0 spiro atoms. The van der Waals surface area contributed by atoms with Crippen LogP contribution in [-0.4, -0.2) is 58.3 Å². The first kappa shape index (κ1) is 24.4.